The molecule has 2 aliphatic rings. The van der Waals surface area contributed by atoms with Crippen LogP contribution >= 0.6 is 0 Å². The highest BCUT2D eigenvalue weighted by molar-refractivity contribution is 5.94. The van der Waals surface area contributed by atoms with Crippen molar-refractivity contribution >= 4 is 5.91 Å². The van der Waals surface area contributed by atoms with Gasteiger partial charge in [0.15, 0.2) is 0 Å². The lowest BCUT2D eigenvalue weighted by Gasteiger charge is -2.53. The van der Waals surface area contributed by atoms with Crippen LogP contribution in [0.4, 0.5) is 0 Å². The highest BCUT2D eigenvalue weighted by atomic mass is 16.2. The first kappa shape index (κ1) is 16.1. The molecular weight excluding hydrogens is 314 g/mol. The van der Waals surface area contributed by atoms with Crippen molar-refractivity contribution in [1.29, 1.82) is 0 Å². The molecule has 1 aromatic carbocycles. The minimum Gasteiger partial charge on any atom is -0.337 e. The van der Waals surface area contributed by atoms with Gasteiger partial charge >= 0.3 is 0 Å². The SMILES string of the molecule is Cc1ccc(C(=O)N2CC[C@@H]3CN(Cc4ccccc4)[C@@H]3C2)c(=O)[nH]1. The van der Waals surface area contributed by atoms with Crippen LogP contribution in [0.1, 0.15) is 28.0 Å². The summed E-state index contributed by atoms with van der Waals surface area (Å²) in [5.74, 6) is 0.523. The maximum absolute atomic E-state index is 12.8. The number of fused-ring (bicyclic) bond motifs is 1. The molecule has 0 spiro atoms. The molecule has 0 unspecified atom stereocenters. The minimum atomic E-state index is -0.290. The maximum atomic E-state index is 12.8. The molecule has 2 aromatic rings. The zero-order valence-corrected chi connectivity index (χ0v) is 14.4. The standard InChI is InChI=1S/C20H23N3O2/c1-14-7-8-17(19(24)21-14)20(25)22-10-9-16-12-23(18(16)13-22)11-15-5-3-2-4-6-15/h2-8,16,18H,9-13H2,1H3,(H,21,24)/t16-,18-/m1/s1. The summed E-state index contributed by atoms with van der Waals surface area (Å²) in [6.07, 6.45) is 1.02. The fourth-order valence-corrected chi connectivity index (χ4v) is 4.00. The molecule has 2 aliphatic heterocycles. The molecule has 2 fully saturated rings. The summed E-state index contributed by atoms with van der Waals surface area (Å²) in [5.41, 5.74) is 2.03. The van der Waals surface area contributed by atoms with E-state index in [-0.39, 0.29) is 17.0 Å². The molecule has 0 aliphatic carbocycles. The molecule has 130 valence electrons. The first-order valence-corrected chi connectivity index (χ1v) is 8.89. The van der Waals surface area contributed by atoms with Gasteiger partial charge in [0, 0.05) is 37.9 Å². The number of aromatic nitrogens is 1. The van der Waals surface area contributed by atoms with Crippen molar-refractivity contribution < 1.29 is 4.79 Å². The molecule has 5 nitrogen and oxygen atoms in total. The maximum Gasteiger partial charge on any atom is 0.260 e. The van der Waals surface area contributed by atoms with Gasteiger partial charge in [0.2, 0.25) is 0 Å². The van der Waals surface area contributed by atoms with E-state index in [1.807, 2.05) is 17.9 Å². The minimum absolute atomic E-state index is 0.147. The summed E-state index contributed by atoms with van der Waals surface area (Å²) < 4.78 is 0. The van der Waals surface area contributed by atoms with E-state index >= 15 is 0 Å². The Morgan fingerprint density at radius 2 is 1.96 bits per heavy atom. The number of hydrogen-bond acceptors (Lipinski definition) is 3. The van der Waals surface area contributed by atoms with Gasteiger partial charge < -0.3 is 9.88 Å². The van der Waals surface area contributed by atoms with Gasteiger partial charge in [0.1, 0.15) is 5.56 Å². The van der Waals surface area contributed by atoms with E-state index in [9.17, 15) is 9.59 Å². The van der Waals surface area contributed by atoms with Gasteiger partial charge in [-0.15, -0.1) is 0 Å². The quantitative estimate of drug-likeness (QED) is 0.932. The van der Waals surface area contributed by atoms with Gasteiger partial charge in [0.05, 0.1) is 0 Å². The van der Waals surface area contributed by atoms with Crippen LogP contribution in [0.3, 0.4) is 0 Å². The molecule has 0 bridgehead atoms. The van der Waals surface area contributed by atoms with Gasteiger partial charge in [-0.2, -0.15) is 0 Å². The molecule has 4 rings (SSSR count). The summed E-state index contributed by atoms with van der Waals surface area (Å²) >= 11 is 0. The van der Waals surface area contributed by atoms with Gasteiger partial charge in [-0.25, -0.2) is 0 Å². The molecule has 1 N–H and O–H groups in total. The normalized spacial score (nSPS) is 23.0. The zero-order valence-electron chi connectivity index (χ0n) is 14.4. The molecule has 2 saturated heterocycles. The Kier molecular flexibility index (Phi) is 4.17. The van der Waals surface area contributed by atoms with Crippen LogP contribution in [0.5, 0.6) is 0 Å². The Balaban J connectivity index is 1.45. The average Bonchev–Trinajstić information content (AvgIpc) is 2.60. The number of carbonyl (C=O) groups is 1. The Bertz CT molecular complexity index is 830. The van der Waals surface area contributed by atoms with Crippen LogP contribution in [0.2, 0.25) is 0 Å². The summed E-state index contributed by atoms with van der Waals surface area (Å²) in [6.45, 7) is 5.30. The van der Waals surface area contributed by atoms with Crippen molar-refractivity contribution in [3.8, 4) is 0 Å². The third-order valence-corrected chi connectivity index (χ3v) is 5.46. The fourth-order valence-electron chi connectivity index (χ4n) is 4.00. The molecule has 3 heterocycles. The number of nitrogens with one attached hydrogen (secondary N) is 1. The van der Waals surface area contributed by atoms with Gasteiger partial charge in [-0.1, -0.05) is 30.3 Å². The second-order valence-corrected chi connectivity index (χ2v) is 7.17. The van der Waals surface area contributed by atoms with E-state index in [4.69, 9.17) is 0 Å². The Labute approximate surface area is 147 Å². The monoisotopic (exact) mass is 337 g/mol. The number of aromatic amines is 1. The lowest BCUT2D eigenvalue weighted by Crippen LogP contribution is -2.64. The van der Waals surface area contributed by atoms with E-state index in [0.29, 0.717) is 18.5 Å². The van der Waals surface area contributed by atoms with E-state index < -0.39 is 0 Å². The Hall–Kier alpha value is -2.40. The number of nitrogens with zero attached hydrogens (tertiary/aromatic N) is 2. The van der Waals surface area contributed by atoms with Crippen molar-refractivity contribution in [1.82, 2.24) is 14.8 Å². The van der Waals surface area contributed by atoms with E-state index in [1.54, 1.807) is 12.1 Å². The first-order chi connectivity index (χ1) is 12.1. The van der Waals surface area contributed by atoms with Crippen LogP contribution in [-0.2, 0) is 6.54 Å². The van der Waals surface area contributed by atoms with Crippen molar-refractivity contribution in [3.63, 3.8) is 0 Å². The fraction of sp³-hybridized carbons (Fsp3) is 0.400. The lowest BCUT2D eigenvalue weighted by molar-refractivity contribution is -0.0427. The summed E-state index contributed by atoms with van der Waals surface area (Å²) in [4.78, 5) is 31.8. The van der Waals surface area contributed by atoms with Crippen molar-refractivity contribution in [2.24, 2.45) is 5.92 Å². The Morgan fingerprint density at radius 3 is 2.72 bits per heavy atom. The number of likely N-dealkylation sites (tertiary alicyclic amines) is 2. The van der Waals surface area contributed by atoms with Crippen molar-refractivity contribution in [2.45, 2.75) is 25.9 Å². The van der Waals surface area contributed by atoms with E-state index in [1.165, 1.54) is 5.56 Å². The van der Waals surface area contributed by atoms with Gasteiger partial charge in [-0.05, 0) is 37.0 Å². The Morgan fingerprint density at radius 1 is 1.16 bits per heavy atom. The number of carbonyl (C=O) groups excluding carboxylic acids is 1. The first-order valence-electron chi connectivity index (χ1n) is 8.89. The predicted molar refractivity (Wildman–Crippen MR) is 96.5 cm³/mol. The van der Waals surface area contributed by atoms with E-state index in [0.717, 1.165) is 31.7 Å². The molecule has 1 aromatic heterocycles. The highest BCUT2D eigenvalue weighted by Crippen LogP contribution is 2.34. The lowest BCUT2D eigenvalue weighted by atomic mass is 9.82. The third kappa shape index (κ3) is 3.12. The van der Waals surface area contributed by atoms with Crippen LogP contribution in [0.25, 0.3) is 0 Å². The number of benzene rings is 1. The van der Waals surface area contributed by atoms with Gasteiger partial charge in [-0.3, -0.25) is 14.5 Å². The summed E-state index contributed by atoms with van der Waals surface area (Å²) in [7, 11) is 0. The second-order valence-electron chi connectivity index (χ2n) is 7.17. The highest BCUT2D eigenvalue weighted by Gasteiger charge is 2.43. The number of H-pyrrole nitrogens is 1. The van der Waals surface area contributed by atoms with Crippen LogP contribution in [0, 0.1) is 12.8 Å². The van der Waals surface area contributed by atoms with Crippen molar-refractivity contribution in [2.75, 3.05) is 19.6 Å². The number of piperidine rings is 1. The zero-order chi connectivity index (χ0) is 17.4. The third-order valence-electron chi connectivity index (χ3n) is 5.46. The molecule has 5 heteroatoms. The molecular formula is C20H23N3O2. The van der Waals surface area contributed by atoms with Gasteiger partial charge in [0.25, 0.3) is 11.5 Å². The predicted octanol–water partition coefficient (Wildman–Crippen LogP) is 2.03. The number of rotatable bonds is 3. The second kappa shape index (κ2) is 6.48. The molecule has 0 saturated carbocycles. The molecule has 1 amide bonds. The number of hydrogen-bond donors (Lipinski definition) is 1. The number of amides is 1. The molecule has 2 atom stereocenters. The molecule has 25 heavy (non-hydrogen) atoms. The smallest absolute Gasteiger partial charge is 0.260 e. The van der Waals surface area contributed by atoms with E-state index in [2.05, 4.69) is 34.1 Å². The van der Waals surface area contributed by atoms with Crippen LogP contribution in [0.15, 0.2) is 47.3 Å². The summed E-state index contributed by atoms with van der Waals surface area (Å²) in [6, 6.07) is 14.3. The molecule has 0 radical (unpaired) electrons. The summed E-state index contributed by atoms with van der Waals surface area (Å²) in [5, 5.41) is 0. The topological polar surface area (TPSA) is 56.4 Å². The van der Waals surface area contributed by atoms with Crippen LogP contribution < -0.4 is 5.56 Å². The number of aryl methyl sites for hydroxylation is 1. The van der Waals surface area contributed by atoms with Crippen LogP contribution in [-0.4, -0.2) is 46.4 Å². The van der Waals surface area contributed by atoms with Crippen molar-refractivity contribution in [3.05, 3.63) is 69.6 Å². The largest absolute Gasteiger partial charge is 0.337 e. The number of pyridine rings is 1. The average molecular weight is 337 g/mol.